The summed E-state index contributed by atoms with van der Waals surface area (Å²) in [5.41, 5.74) is 2.30. The average Bonchev–Trinajstić information content (AvgIpc) is 2.81. The number of fused-ring (bicyclic) bond motifs is 5. The Morgan fingerprint density at radius 1 is 1.27 bits per heavy atom. The molecule has 3 aliphatic carbocycles. The molecule has 0 aliphatic heterocycles. The summed E-state index contributed by atoms with van der Waals surface area (Å²) in [7, 11) is 1.68. The number of carbonyl (C=O) groups excluding carboxylic acids is 1. The molecule has 0 heterocycles. The van der Waals surface area contributed by atoms with Crippen molar-refractivity contribution in [1.29, 1.82) is 0 Å². The van der Waals surface area contributed by atoms with Gasteiger partial charge in [-0.2, -0.15) is 0 Å². The van der Waals surface area contributed by atoms with E-state index in [-0.39, 0.29) is 17.4 Å². The monoisotopic (exact) mass is 300 g/mol. The second kappa shape index (κ2) is 4.82. The van der Waals surface area contributed by atoms with E-state index in [1.165, 1.54) is 11.1 Å². The molecule has 22 heavy (non-hydrogen) atoms. The van der Waals surface area contributed by atoms with Gasteiger partial charge in [0.05, 0.1) is 13.2 Å². The minimum absolute atomic E-state index is 0.0398. The molecule has 0 amide bonds. The Morgan fingerprint density at radius 2 is 2.09 bits per heavy atom. The van der Waals surface area contributed by atoms with Crippen LogP contribution in [-0.2, 0) is 11.2 Å². The van der Waals surface area contributed by atoms with Crippen LogP contribution in [-0.4, -0.2) is 24.1 Å². The molecule has 2 saturated carbocycles. The number of ketones is 1. The van der Waals surface area contributed by atoms with Crippen molar-refractivity contribution in [2.24, 2.45) is 17.3 Å². The topological polar surface area (TPSA) is 46.5 Å². The van der Waals surface area contributed by atoms with Gasteiger partial charge >= 0.3 is 0 Å². The van der Waals surface area contributed by atoms with Gasteiger partial charge in [-0.15, -0.1) is 0 Å². The van der Waals surface area contributed by atoms with Gasteiger partial charge in [0.25, 0.3) is 0 Å². The number of carbonyl (C=O) groups is 1. The summed E-state index contributed by atoms with van der Waals surface area (Å²) in [6.45, 7) is 2.13. The molecule has 0 bridgehead atoms. The molecule has 0 radical (unpaired) electrons. The van der Waals surface area contributed by atoms with Gasteiger partial charge in [-0.05, 0) is 60.8 Å². The molecule has 0 unspecified atom stereocenters. The first kappa shape index (κ1) is 14.3. The van der Waals surface area contributed by atoms with Crippen LogP contribution in [0, 0.1) is 17.3 Å². The van der Waals surface area contributed by atoms with Gasteiger partial charge in [0.2, 0.25) is 0 Å². The van der Waals surface area contributed by atoms with Crippen molar-refractivity contribution in [1.82, 2.24) is 0 Å². The van der Waals surface area contributed by atoms with E-state index in [0.29, 0.717) is 24.0 Å². The van der Waals surface area contributed by atoms with E-state index >= 15 is 0 Å². The molecule has 118 valence electrons. The number of hydrogen-bond donors (Lipinski definition) is 1. The van der Waals surface area contributed by atoms with Crippen LogP contribution < -0.4 is 4.74 Å². The van der Waals surface area contributed by atoms with E-state index in [0.717, 1.165) is 31.4 Å². The quantitative estimate of drug-likeness (QED) is 0.867. The third-order valence-electron chi connectivity index (χ3n) is 6.64. The van der Waals surface area contributed by atoms with Gasteiger partial charge in [0, 0.05) is 17.8 Å². The molecule has 1 aromatic rings. The van der Waals surface area contributed by atoms with Crippen molar-refractivity contribution in [3.63, 3.8) is 0 Å². The maximum atomic E-state index is 12.9. The molecule has 1 N–H and O–H groups in total. The van der Waals surface area contributed by atoms with Crippen LogP contribution in [0.25, 0.3) is 0 Å². The van der Waals surface area contributed by atoms with Crippen molar-refractivity contribution in [2.75, 3.05) is 7.11 Å². The smallest absolute Gasteiger partial charge is 0.141 e. The molecule has 5 atom stereocenters. The first-order valence-electron chi connectivity index (χ1n) is 8.42. The Bertz CT molecular complexity index is 623. The van der Waals surface area contributed by atoms with E-state index in [2.05, 4.69) is 19.1 Å². The predicted molar refractivity (Wildman–Crippen MR) is 84.0 cm³/mol. The van der Waals surface area contributed by atoms with Crippen LogP contribution in [0.15, 0.2) is 18.2 Å². The lowest BCUT2D eigenvalue weighted by Gasteiger charge is -2.49. The second-order valence-corrected chi connectivity index (χ2v) is 7.59. The largest absolute Gasteiger partial charge is 0.497 e. The fraction of sp³-hybridized carbons (Fsp3) is 0.632. The zero-order chi connectivity index (χ0) is 15.5. The lowest BCUT2D eigenvalue weighted by molar-refractivity contribution is -0.134. The van der Waals surface area contributed by atoms with Gasteiger partial charge in [-0.25, -0.2) is 0 Å². The standard InChI is InChI=1S/C19H24O3/c1-19-10-16(20)18-13-6-4-12(22-2)9-11(13)3-5-14(18)15(19)7-8-17(19)21/h4,6,9,14-15,17-18,21H,3,5,7-8,10H2,1-2H3/t14-,15-,17-,18+,19-/m0/s1. The highest BCUT2D eigenvalue weighted by atomic mass is 16.5. The highest BCUT2D eigenvalue weighted by Gasteiger charge is 2.57. The van der Waals surface area contributed by atoms with E-state index in [4.69, 9.17) is 4.74 Å². The minimum atomic E-state index is -0.306. The van der Waals surface area contributed by atoms with Crippen molar-refractivity contribution < 1.29 is 14.6 Å². The fourth-order valence-corrected chi connectivity index (χ4v) is 5.48. The summed E-state index contributed by atoms with van der Waals surface area (Å²) < 4.78 is 5.32. The average molecular weight is 300 g/mol. The molecule has 2 fully saturated rings. The molecular weight excluding hydrogens is 276 g/mol. The van der Waals surface area contributed by atoms with E-state index in [9.17, 15) is 9.90 Å². The SMILES string of the molecule is COc1ccc2c(c1)CC[C@@H]1[C@@H]2C(=O)C[C@]2(C)[C@@H](O)CC[C@@H]12. The Kier molecular flexibility index (Phi) is 3.12. The normalized spacial score (nSPS) is 39.9. The molecule has 0 spiro atoms. The van der Waals surface area contributed by atoms with Crippen LogP contribution in [0.5, 0.6) is 5.75 Å². The molecule has 4 rings (SSSR count). The van der Waals surface area contributed by atoms with Crippen LogP contribution in [0.3, 0.4) is 0 Å². The Morgan fingerprint density at radius 3 is 2.86 bits per heavy atom. The van der Waals surface area contributed by atoms with Gasteiger partial charge < -0.3 is 9.84 Å². The van der Waals surface area contributed by atoms with Gasteiger partial charge in [-0.3, -0.25) is 4.79 Å². The van der Waals surface area contributed by atoms with E-state index in [1.807, 2.05) is 6.07 Å². The molecule has 0 saturated heterocycles. The zero-order valence-electron chi connectivity index (χ0n) is 13.3. The molecule has 0 aromatic heterocycles. The van der Waals surface area contributed by atoms with Crippen LogP contribution >= 0.6 is 0 Å². The van der Waals surface area contributed by atoms with Gasteiger partial charge in [0.1, 0.15) is 11.5 Å². The lowest BCUT2D eigenvalue weighted by Crippen LogP contribution is -2.48. The Hall–Kier alpha value is -1.35. The summed E-state index contributed by atoms with van der Waals surface area (Å²) in [6, 6.07) is 6.17. The Balaban J connectivity index is 1.75. The Labute approximate surface area is 131 Å². The summed E-state index contributed by atoms with van der Waals surface area (Å²) in [4.78, 5) is 12.9. The van der Waals surface area contributed by atoms with Crippen molar-refractivity contribution >= 4 is 5.78 Å². The molecule has 3 aliphatic rings. The van der Waals surface area contributed by atoms with E-state index in [1.54, 1.807) is 7.11 Å². The number of aliphatic hydroxyl groups is 1. The maximum absolute atomic E-state index is 12.9. The third kappa shape index (κ3) is 1.81. The second-order valence-electron chi connectivity index (χ2n) is 7.59. The molecule has 1 aromatic carbocycles. The van der Waals surface area contributed by atoms with Crippen molar-refractivity contribution in [3.8, 4) is 5.75 Å². The van der Waals surface area contributed by atoms with Crippen LogP contribution in [0.2, 0.25) is 0 Å². The summed E-state index contributed by atoms with van der Waals surface area (Å²) >= 11 is 0. The van der Waals surface area contributed by atoms with Crippen molar-refractivity contribution in [3.05, 3.63) is 29.3 Å². The molecule has 3 nitrogen and oxygen atoms in total. The van der Waals surface area contributed by atoms with E-state index < -0.39 is 0 Å². The number of methoxy groups -OCH3 is 1. The summed E-state index contributed by atoms with van der Waals surface area (Å²) in [5.74, 6) is 2.14. The molecule has 3 heteroatoms. The van der Waals surface area contributed by atoms with Crippen LogP contribution in [0.4, 0.5) is 0 Å². The number of hydrogen-bond acceptors (Lipinski definition) is 3. The number of Topliss-reactive ketones (excluding diaryl/α,β-unsaturated/α-hetero) is 1. The molecular formula is C19H24O3. The number of ether oxygens (including phenoxy) is 1. The first-order chi connectivity index (χ1) is 10.5. The number of benzene rings is 1. The number of aliphatic hydroxyl groups excluding tert-OH is 1. The highest BCUT2D eigenvalue weighted by Crippen LogP contribution is 2.59. The minimum Gasteiger partial charge on any atom is -0.497 e. The first-order valence-corrected chi connectivity index (χ1v) is 8.42. The summed E-state index contributed by atoms with van der Waals surface area (Å²) in [5, 5.41) is 10.4. The van der Waals surface area contributed by atoms with Crippen molar-refractivity contribution in [2.45, 2.75) is 51.0 Å². The number of aryl methyl sites for hydroxylation is 1. The highest BCUT2D eigenvalue weighted by molar-refractivity contribution is 5.88. The fourth-order valence-electron chi connectivity index (χ4n) is 5.48. The summed E-state index contributed by atoms with van der Waals surface area (Å²) in [6.07, 6.45) is 4.23. The van der Waals surface area contributed by atoms with Gasteiger partial charge in [0.15, 0.2) is 0 Å². The lowest BCUT2D eigenvalue weighted by atomic mass is 9.55. The predicted octanol–water partition coefficient (Wildman–Crippen LogP) is 3.09. The zero-order valence-corrected chi connectivity index (χ0v) is 13.3. The maximum Gasteiger partial charge on any atom is 0.141 e. The van der Waals surface area contributed by atoms with Crippen LogP contribution in [0.1, 0.15) is 49.7 Å². The third-order valence-corrected chi connectivity index (χ3v) is 6.64. The van der Waals surface area contributed by atoms with Gasteiger partial charge in [-0.1, -0.05) is 13.0 Å². The number of rotatable bonds is 1.